The molecule has 18 heavy (non-hydrogen) atoms. The maximum absolute atomic E-state index is 11.2. The van der Waals surface area contributed by atoms with Gasteiger partial charge in [0, 0.05) is 6.04 Å². The molecule has 1 unspecified atom stereocenters. The average molecular weight is 247 g/mol. The van der Waals surface area contributed by atoms with Crippen LogP contribution < -0.4 is 11.0 Å². The fraction of sp³-hybridized carbons (Fsp3) is 0.500. The average Bonchev–Trinajstić information content (AvgIpc) is 2.73. The summed E-state index contributed by atoms with van der Waals surface area (Å²) in [4.78, 5) is 16.8. The molecule has 0 fully saturated rings. The number of hydrogen-bond donors (Lipinski definition) is 3. The standard InChI is InChI=1S/C14H21N3O/c1-3-5-11(15-8-4-2)10-6-7-12-13(9-10)17-14(18)16-12/h6-7,9,11,15H,3-5,8H2,1-2H3,(H2,16,17,18). The van der Waals surface area contributed by atoms with Gasteiger partial charge in [-0.3, -0.25) is 0 Å². The van der Waals surface area contributed by atoms with Crippen molar-refractivity contribution in [1.82, 2.24) is 15.3 Å². The number of aromatic nitrogens is 2. The molecule has 0 aliphatic carbocycles. The van der Waals surface area contributed by atoms with Gasteiger partial charge in [-0.2, -0.15) is 0 Å². The molecular formula is C14H21N3O. The summed E-state index contributed by atoms with van der Waals surface area (Å²) < 4.78 is 0. The molecule has 0 saturated carbocycles. The highest BCUT2D eigenvalue weighted by molar-refractivity contribution is 5.75. The van der Waals surface area contributed by atoms with Crippen molar-refractivity contribution < 1.29 is 0 Å². The Bertz CT molecular complexity index is 555. The Labute approximate surface area is 107 Å². The fourth-order valence-corrected chi connectivity index (χ4v) is 2.26. The van der Waals surface area contributed by atoms with Crippen LogP contribution in [0.15, 0.2) is 23.0 Å². The minimum atomic E-state index is -0.143. The van der Waals surface area contributed by atoms with Crippen LogP contribution in [0.25, 0.3) is 11.0 Å². The predicted molar refractivity (Wildman–Crippen MR) is 74.9 cm³/mol. The van der Waals surface area contributed by atoms with E-state index in [9.17, 15) is 4.79 Å². The molecule has 1 aromatic heterocycles. The van der Waals surface area contributed by atoms with Crippen LogP contribution in [-0.2, 0) is 0 Å². The van der Waals surface area contributed by atoms with Gasteiger partial charge in [0.15, 0.2) is 0 Å². The van der Waals surface area contributed by atoms with Crippen LogP contribution in [0.5, 0.6) is 0 Å². The highest BCUT2D eigenvalue weighted by Gasteiger charge is 2.10. The molecule has 98 valence electrons. The molecular weight excluding hydrogens is 226 g/mol. The van der Waals surface area contributed by atoms with Crippen molar-refractivity contribution in [2.45, 2.75) is 39.2 Å². The van der Waals surface area contributed by atoms with Crippen LogP contribution in [0.1, 0.15) is 44.7 Å². The lowest BCUT2D eigenvalue weighted by Gasteiger charge is -2.18. The van der Waals surface area contributed by atoms with Gasteiger partial charge >= 0.3 is 5.69 Å². The molecule has 0 bridgehead atoms. The number of nitrogens with one attached hydrogen (secondary N) is 3. The van der Waals surface area contributed by atoms with E-state index >= 15 is 0 Å². The molecule has 0 radical (unpaired) electrons. The maximum atomic E-state index is 11.2. The molecule has 0 saturated heterocycles. The number of imidazole rings is 1. The zero-order valence-corrected chi connectivity index (χ0v) is 11.0. The minimum Gasteiger partial charge on any atom is -0.310 e. The molecule has 1 heterocycles. The minimum absolute atomic E-state index is 0.143. The summed E-state index contributed by atoms with van der Waals surface area (Å²) in [6.07, 6.45) is 3.38. The highest BCUT2D eigenvalue weighted by Crippen LogP contribution is 2.21. The topological polar surface area (TPSA) is 60.7 Å². The number of H-pyrrole nitrogens is 2. The SMILES string of the molecule is CCCNC(CCC)c1ccc2[nH]c(=O)[nH]c2c1. The van der Waals surface area contributed by atoms with Crippen LogP contribution in [0.4, 0.5) is 0 Å². The third-order valence-corrected chi connectivity index (χ3v) is 3.16. The van der Waals surface area contributed by atoms with Crippen LogP contribution in [0.2, 0.25) is 0 Å². The van der Waals surface area contributed by atoms with E-state index in [1.807, 2.05) is 6.07 Å². The first-order valence-corrected chi connectivity index (χ1v) is 6.70. The van der Waals surface area contributed by atoms with E-state index in [0.717, 1.165) is 36.8 Å². The van der Waals surface area contributed by atoms with E-state index in [0.29, 0.717) is 6.04 Å². The first-order valence-electron chi connectivity index (χ1n) is 6.70. The zero-order chi connectivity index (χ0) is 13.0. The summed E-state index contributed by atoms with van der Waals surface area (Å²) in [6.45, 7) is 5.38. The molecule has 0 aliphatic heterocycles. The Hall–Kier alpha value is -1.55. The number of hydrogen-bond acceptors (Lipinski definition) is 2. The van der Waals surface area contributed by atoms with Crippen LogP contribution >= 0.6 is 0 Å². The van der Waals surface area contributed by atoms with E-state index in [2.05, 4.69) is 41.3 Å². The molecule has 1 aromatic carbocycles. The summed E-state index contributed by atoms with van der Waals surface area (Å²) in [5.41, 5.74) is 2.86. The second-order valence-electron chi connectivity index (χ2n) is 4.68. The van der Waals surface area contributed by atoms with Crippen molar-refractivity contribution in [3.05, 3.63) is 34.2 Å². The number of aromatic amines is 2. The molecule has 0 aliphatic rings. The molecule has 4 nitrogen and oxygen atoms in total. The van der Waals surface area contributed by atoms with Crippen molar-refractivity contribution in [3.8, 4) is 0 Å². The smallest absolute Gasteiger partial charge is 0.310 e. The maximum Gasteiger partial charge on any atom is 0.323 e. The Balaban J connectivity index is 2.27. The summed E-state index contributed by atoms with van der Waals surface area (Å²) >= 11 is 0. The third kappa shape index (κ3) is 2.82. The van der Waals surface area contributed by atoms with Crippen molar-refractivity contribution in [3.63, 3.8) is 0 Å². The summed E-state index contributed by atoms with van der Waals surface area (Å²) in [5, 5.41) is 3.56. The van der Waals surface area contributed by atoms with Crippen molar-refractivity contribution in [2.75, 3.05) is 6.54 Å². The van der Waals surface area contributed by atoms with E-state index < -0.39 is 0 Å². The van der Waals surface area contributed by atoms with Crippen molar-refractivity contribution >= 4 is 11.0 Å². The monoisotopic (exact) mass is 247 g/mol. The Morgan fingerprint density at radius 2 is 1.94 bits per heavy atom. The second kappa shape index (κ2) is 5.87. The fourth-order valence-electron chi connectivity index (χ4n) is 2.26. The zero-order valence-electron chi connectivity index (χ0n) is 11.0. The lowest BCUT2D eigenvalue weighted by molar-refractivity contribution is 0.494. The van der Waals surface area contributed by atoms with Gasteiger partial charge in [-0.05, 0) is 37.1 Å². The third-order valence-electron chi connectivity index (χ3n) is 3.16. The van der Waals surface area contributed by atoms with Crippen LogP contribution in [0, 0.1) is 0 Å². The lowest BCUT2D eigenvalue weighted by Crippen LogP contribution is -2.21. The number of rotatable bonds is 6. The quantitative estimate of drug-likeness (QED) is 0.735. The summed E-state index contributed by atoms with van der Waals surface area (Å²) in [5.74, 6) is 0. The van der Waals surface area contributed by atoms with Gasteiger partial charge in [0.2, 0.25) is 0 Å². The molecule has 1 atom stereocenters. The van der Waals surface area contributed by atoms with E-state index in [-0.39, 0.29) is 5.69 Å². The predicted octanol–water partition coefficient (Wildman–Crippen LogP) is 2.70. The Morgan fingerprint density at radius 1 is 1.17 bits per heavy atom. The van der Waals surface area contributed by atoms with Crippen LogP contribution in [0.3, 0.4) is 0 Å². The first-order chi connectivity index (χ1) is 8.74. The van der Waals surface area contributed by atoms with E-state index in [1.54, 1.807) is 0 Å². The number of fused-ring (bicyclic) bond motifs is 1. The molecule has 2 aromatic rings. The summed E-state index contributed by atoms with van der Waals surface area (Å²) in [7, 11) is 0. The van der Waals surface area contributed by atoms with E-state index in [4.69, 9.17) is 0 Å². The van der Waals surface area contributed by atoms with Crippen molar-refractivity contribution in [2.24, 2.45) is 0 Å². The molecule has 0 amide bonds. The van der Waals surface area contributed by atoms with Gasteiger partial charge in [-0.15, -0.1) is 0 Å². The van der Waals surface area contributed by atoms with Gasteiger partial charge in [0.25, 0.3) is 0 Å². The van der Waals surface area contributed by atoms with Gasteiger partial charge in [0.05, 0.1) is 11.0 Å². The molecule has 0 spiro atoms. The molecule has 4 heteroatoms. The van der Waals surface area contributed by atoms with Gasteiger partial charge in [0.1, 0.15) is 0 Å². The van der Waals surface area contributed by atoms with Gasteiger partial charge in [-0.1, -0.05) is 26.3 Å². The largest absolute Gasteiger partial charge is 0.323 e. The highest BCUT2D eigenvalue weighted by atomic mass is 16.1. The second-order valence-corrected chi connectivity index (χ2v) is 4.68. The van der Waals surface area contributed by atoms with Crippen molar-refractivity contribution in [1.29, 1.82) is 0 Å². The van der Waals surface area contributed by atoms with Gasteiger partial charge < -0.3 is 15.3 Å². The van der Waals surface area contributed by atoms with Gasteiger partial charge in [-0.25, -0.2) is 4.79 Å². The Morgan fingerprint density at radius 3 is 2.67 bits per heavy atom. The van der Waals surface area contributed by atoms with Crippen LogP contribution in [-0.4, -0.2) is 16.5 Å². The Kier molecular flexibility index (Phi) is 4.20. The first kappa shape index (κ1) is 12.9. The molecule has 3 N–H and O–H groups in total. The van der Waals surface area contributed by atoms with E-state index in [1.165, 1.54) is 5.56 Å². The number of benzene rings is 1. The molecule has 2 rings (SSSR count). The summed E-state index contributed by atoms with van der Waals surface area (Å²) in [6, 6.07) is 6.50. The normalized spacial score (nSPS) is 13.0. The lowest BCUT2D eigenvalue weighted by atomic mass is 10.0.